The van der Waals surface area contributed by atoms with Crippen LogP contribution in [0.25, 0.3) is 0 Å². The number of allylic oxidation sites excluding steroid dienone is 7. The predicted molar refractivity (Wildman–Crippen MR) is 62.1 cm³/mol. The summed E-state index contributed by atoms with van der Waals surface area (Å²) >= 11 is 0. The van der Waals surface area contributed by atoms with Crippen molar-refractivity contribution < 1.29 is 0 Å². The van der Waals surface area contributed by atoms with Crippen molar-refractivity contribution in [3.05, 3.63) is 47.6 Å². The number of hydrogen-bond donors (Lipinski definition) is 0. The van der Waals surface area contributed by atoms with Gasteiger partial charge in [-0.2, -0.15) is 0 Å². The zero-order chi connectivity index (χ0) is 10.2. The van der Waals surface area contributed by atoms with E-state index in [0.29, 0.717) is 0 Å². The summed E-state index contributed by atoms with van der Waals surface area (Å²) in [4.78, 5) is 0. The van der Waals surface area contributed by atoms with Gasteiger partial charge in [0.25, 0.3) is 0 Å². The molecule has 0 radical (unpaired) electrons. The van der Waals surface area contributed by atoms with Gasteiger partial charge >= 0.3 is 0 Å². The summed E-state index contributed by atoms with van der Waals surface area (Å²) < 4.78 is 0. The Hall–Kier alpha value is -1.04. The van der Waals surface area contributed by atoms with E-state index in [1.54, 1.807) is 0 Å². The van der Waals surface area contributed by atoms with Crippen LogP contribution < -0.4 is 0 Å². The summed E-state index contributed by atoms with van der Waals surface area (Å²) in [5, 5.41) is 0. The Kier molecular flexibility index (Phi) is 2.22. The fourth-order valence-electron chi connectivity index (χ4n) is 2.06. The van der Waals surface area contributed by atoms with Crippen LogP contribution in [0.2, 0.25) is 0 Å². The number of rotatable bonds is 0. The Morgan fingerprint density at radius 1 is 1.14 bits per heavy atom. The van der Waals surface area contributed by atoms with Gasteiger partial charge in [0.2, 0.25) is 0 Å². The molecular weight excluding hydrogens is 168 g/mol. The SMILES string of the molecule is C=C1CCCC2=C1C=CC(C)(C)C=C2. The smallest absolute Gasteiger partial charge is 0.00110 e. The van der Waals surface area contributed by atoms with Crippen LogP contribution in [0.15, 0.2) is 47.6 Å². The molecule has 0 atom stereocenters. The minimum Gasteiger partial charge on any atom is -0.0952 e. The third-order valence-electron chi connectivity index (χ3n) is 3.05. The topological polar surface area (TPSA) is 0 Å². The van der Waals surface area contributed by atoms with Crippen LogP contribution in [0, 0.1) is 5.41 Å². The van der Waals surface area contributed by atoms with E-state index >= 15 is 0 Å². The van der Waals surface area contributed by atoms with Gasteiger partial charge in [-0.1, -0.05) is 44.7 Å². The van der Waals surface area contributed by atoms with E-state index in [1.807, 2.05) is 0 Å². The highest BCUT2D eigenvalue weighted by molar-refractivity contribution is 5.50. The third kappa shape index (κ3) is 1.75. The summed E-state index contributed by atoms with van der Waals surface area (Å²) in [5.74, 6) is 0. The van der Waals surface area contributed by atoms with Crippen molar-refractivity contribution in [1.82, 2.24) is 0 Å². The molecule has 0 aromatic carbocycles. The predicted octanol–water partition coefficient (Wildman–Crippen LogP) is 4.18. The van der Waals surface area contributed by atoms with E-state index in [2.05, 4.69) is 44.7 Å². The molecule has 0 spiro atoms. The molecule has 2 rings (SSSR count). The van der Waals surface area contributed by atoms with Crippen LogP contribution in [-0.4, -0.2) is 0 Å². The summed E-state index contributed by atoms with van der Waals surface area (Å²) in [7, 11) is 0. The van der Waals surface area contributed by atoms with Gasteiger partial charge in [-0.15, -0.1) is 0 Å². The van der Waals surface area contributed by atoms with E-state index in [4.69, 9.17) is 0 Å². The van der Waals surface area contributed by atoms with Gasteiger partial charge in [-0.25, -0.2) is 0 Å². The quantitative estimate of drug-likeness (QED) is 0.532. The molecule has 0 heteroatoms. The molecule has 0 nitrogen and oxygen atoms in total. The minimum atomic E-state index is 0.192. The molecule has 2 aliphatic rings. The van der Waals surface area contributed by atoms with Crippen LogP contribution >= 0.6 is 0 Å². The molecule has 0 N–H and O–H groups in total. The summed E-state index contributed by atoms with van der Waals surface area (Å²) in [6.07, 6.45) is 12.8. The normalized spacial score (nSPS) is 24.9. The Bertz CT molecular complexity index is 348. The van der Waals surface area contributed by atoms with E-state index in [-0.39, 0.29) is 5.41 Å². The third-order valence-corrected chi connectivity index (χ3v) is 3.05. The minimum absolute atomic E-state index is 0.192. The van der Waals surface area contributed by atoms with Gasteiger partial charge in [-0.05, 0) is 36.0 Å². The molecule has 0 saturated carbocycles. The summed E-state index contributed by atoms with van der Waals surface area (Å²) in [6, 6.07) is 0. The second-order valence-electron chi connectivity index (χ2n) is 4.88. The highest BCUT2D eigenvalue weighted by Gasteiger charge is 2.17. The van der Waals surface area contributed by atoms with E-state index in [1.165, 1.54) is 29.6 Å². The maximum atomic E-state index is 4.14. The fraction of sp³-hybridized carbons (Fsp3) is 0.429. The maximum absolute atomic E-state index is 4.14. The van der Waals surface area contributed by atoms with Crippen molar-refractivity contribution >= 4 is 0 Å². The Labute approximate surface area is 86.7 Å². The van der Waals surface area contributed by atoms with Crippen molar-refractivity contribution in [2.45, 2.75) is 33.1 Å². The first kappa shape index (κ1) is 9.51. The second kappa shape index (κ2) is 3.27. The first-order valence-electron chi connectivity index (χ1n) is 5.38. The molecule has 74 valence electrons. The van der Waals surface area contributed by atoms with Gasteiger partial charge in [0, 0.05) is 5.41 Å². The first-order chi connectivity index (χ1) is 6.58. The zero-order valence-electron chi connectivity index (χ0n) is 9.14. The van der Waals surface area contributed by atoms with E-state index in [0.717, 1.165) is 6.42 Å². The van der Waals surface area contributed by atoms with Crippen molar-refractivity contribution in [3.8, 4) is 0 Å². The molecule has 0 aromatic heterocycles. The van der Waals surface area contributed by atoms with Crippen LogP contribution in [-0.2, 0) is 0 Å². The summed E-state index contributed by atoms with van der Waals surface area (Å²) in [5.41, 5.74) is 4.36. The summed E-state index contributed by atoms with van der Waals surface area (Å²) in [6.45, 7) is 8.62. The van der Waals surface area contributed by atoms with Crippen LogP contribution in [0.4, 0.5) is 0 Å². The van der Waals surface area contributed by atoms with Gasteiger partial charge in [0.05, 0.1) is 0 Å². The monoisotopic (exact) mass is 186 g/mol. The van der Waals surface area contributed by atoms with Gasteiger partial charge in [-0.3, -0.25) is 0 Å². The molecule has 14 heavy (non-hydrogen) atoms. The molecule has 2 aliphatic carbocycles. The molecule has 0 aromatic rings. The molecule has 0 saturated heterocycles. The molecule has 0 aliphatic heterocycles. The lowest BCUT2D eigenvalue weighted by Gasteiger charge is -2.17. The molecular formula is C14H18. The first-order valence-corrected chi connectivity index (χ1v) is 5.38. The molecule has 0 unspecified atom stereocenters. The van der Waals surface area contributed by atoms with Crippen molar-refractivity contribution in [2.24, 2.45) is 5.41 Å². The Morgan fingerprint density at radius 2 is 1.86 bits per heavy atom. The van der Waals surface area contributed by atoms with Gasteiger partial charge < -0.3 is 0 Å². The number of hydrogen-bond acceptors (Lipinski definition) is 0. The second-order valence-corrected chi connectivity index (χ2v) is 4.88. The van der Waals surface area contributed by atoms with E-state index in [9.17, 15) is 0 Å². The largest absolute Gasteiger partial charge is 0.0952 e. The highest BCUT2D eigenvalue weighted by Crippen LogP contribution is 2.34. The lowest BCUT2D eigenvalue weighted by Crippen LogP contribution is -2.00. The van der Waals surface area contributed by atoms with Crippen molar-refractivity contribution in [1.29, 1.82) is 0 Å². The van der Waals surface area contributed by atoms with Crippen LogP contribution in [0.1, 0.15) is 33.1 Å². The Balaban J connectivity index is 2.42. The van der Waals surface area contributed by atoms with Crippen molar-refractivity contribution in [2.75, 3.05) is 0 Å². The van der Waals surface area contributed by atoms with Crippen LogP contribution in [0.3, 0.4) is 0 Å². The van der Waals surface area contributed by atoms with Gasteiger partial charge in [0.15, 0.2) is 0 Å². The average molecular weight is 186 g/mol. The molecule has 0 fully saturated rings. The lowest BCUT2D eigenvalue weighted by molar-refractivity contribution is 0.626. The van der Waals surface area contributed by atoms with Gasteiger partial charge in [0.1, 0.15) is 0 Å². The molecule has 0 amide bonds. The average Bonchev–Trinajstić information content (AvgIpc) is 2.27. The van der Waals surface area contributed by atoms with Crippen molar-refractivity contribution in [3.63, 3.8) is 0 Å². The van der Waals surface area contributed by atoms with E-state index < -0.39 is 0 Å². The molecule has 0 heterocycles. The molecule has 0 bridgehead atoms. The zero-order valence-corrected chi connectivity index (χ0v) is 9.14. The standard InChI is InChI=1S/C14H18/c1-11-5-4-6-12-7-9-14(2,3)10-8-13(11)12/h7-10H,1,4-6H2,2-3H3. The Morgan fingerprint density at radius 3 is 2.64 bits per heavy atom. The fourth-order valence-corrected chi connectivity index (χ4v) is 2.06. The maximum Gasteiger partial charge on any atom is 0.00110 e. The van der Waals surface area contributed by atoms with Crippen LogP contribution in [0.5, 0.6) is 0 Å². The highest BCUT2D eigenvalue weighted by atomic mass is 14.2. The lowest BCUT2D eigenvalue weighted by atomic mass is 9.88.